The summed E-state index contributed by atoms with van der Waals surface area (Å²) in [5, 5.41) is 41.1. The van der Waals surface area contributed by atoms with Crippen LogP contribution in [0, 0.1) is 22.7 Å². The van der Waals surface area contributed by atoms with E-state index in [2.05, 4.69) is 252 Å². The van der Waals surface area contributed by atoms with Crippen molar-refractivity contribution in [3.05, 3.63) is 254 Å². The van der Waals surface area contributed by atoms with E-state index in [1.807, 2.05) is 12.1 Å². The summed E-state index contributed by atoms with van der Waals surface area (Å²) in [6, 6.07) is 91.7. The Morgan fingerprint density at radius 2 is 0.514 bits per heavy atom. The molecule has 332 valence electrons. The molecular formula is C68H40N4. The third-order valence-corrected chi connectivity index (χ3v) is 14.7. The highest BCUT2D eigenvalue weighted by Gasteiger charge is 2.25. The van der Waals surface area contributed by atoms with Crippen molar-refractivity contribution in [1.29, 1.82) is 10.5 Å². The van der Waals surface area contributed by atoms with Gasteiger partial charge in [-0.15, -0.1) is 0 Å². The zero-order valence-electron chi connectivity index (χ0n) is 38.9. The summed E-state index contributed by atoms with van der Waals surface area (Å²) in [6.07, 6.45) is 0. The maximum atomic E-state index is 10.7. The largest absolute Gasteiger partial charge is 0.310 e. The minimum atomic E-state index is 0.344. The summed E-state index contributed by atoms with van der Waals surface area (Å²) in [6.45, 7) is 0. The Hall–Kier alpha value is -10.0. The van der Waals surface area contributed by atoms with Crippen molar-refractivity contribution in [1.82, 2.24) is 0 Å². The van der Waals surface area contributed by atoms with Gasteiger partial charge in [0.05, 0.1) is 22.5 Å². The van der Waals surface area contributed by atoms with Crippen LogP contribution in [0.25, 0.3) is 97.0 Å². The van der Waals surface area contributed by atoms with Crippen LogP contribution in [0.2, 0.25) is 0 Å². The fourth-order valence-corrected chi connectivity index (χ4v) is 11.4. The van der Waals surface area contributed by atoms with Crippen LogP contribution in [0.4, 0.5) is 34.1 Å². The molecular weight excluding hydrogens is 873 g/mol. The zero-order chi connectivity index (χ0) is 47.9. The number of hydrogen-bond acceptors (Lipinski definition) is 4. The second-order valence-corrected chi connectivity index (χ2v) is 18.7. The first-order valence-corrected chi connectivity index (χ1v) is 24.3. The number of rotatable bonds is 6. The predicted octanol–water partition coefficient (Wildman–Crippen LogP) is 18.7. The fraction of sp³-hybridized carbons (Fsp3) is 0. The number of benzene rings is 14. The first kappa shape index (κ1) is 41.0. The van der Waals surface area contributed by atoms with Gasteiger partial charge in [-0.3, -0.25) is 0 Å². The minimum absolute atomic E-state index is 0.344. The summed E-state index contributed by atoms with van der Waals surface area (Å²) in [5.74, 6) is 0. The monoisotopic (exact) mass is 912 g/mol. The van der Waals surface area contributed by atoms with E-state index in [-0.39, 0.29) is 0 Å². The van der Waals surface area contributed by atoms with E-state index < -0.39 is 0 Å². The van der Waals surface area contributed by atoms with Gasteiger partial charge in [0.1, 0.15) is 12.1 Å². The second-order valence-electron chi connectivity index (χ2n) is 18.7. The Kier molecular flexibility index (Phi) is 9.30. The molecule has 14 rings (SSSR count). The van der Waals surface area contributed by atoms with Crippen molar-refractivity contribution < 1.29 is 0 Å². The summed E-state index contributed by atoms with van der Waals surface area (Å²) in [7, 11) is 0. The molecule has 0 heterocycles. The molecule has 0 saturated heterocycles. The molecule has 0 aliphatic carbocycles. The van der Waals surface area contributed by atoms with Crippen LogP contribution in [-0.4, -0.2) is 0 Å². The van der Waals surface area contributed by atoms with Crippen LogP contribution in [0.3, 0.4) is 0 Å². The molecule has 0 radical (unpaired) electrons. The molecule has 0 amide bonds. The number of anilines is 6. The molecule has 0 saturated carbocycles. The molecule has 0 fully saturated rings. The molecule has 0 aliphatic heterocycles. The maximum absolute atomic E-state index is 10.7. The normalized spacial score (nSPS) is 11.6. The molecule has 0 N–H and O–H groups in total. The SMILES string of the molecule is N#Cc1cc2c(cc1C#N)c1cc(N(c3ccc4ccccc4c3)c3ccc4ccccc4c3)c3ccccc3c1c1c3ccccc3c(N(c3ccc4ccccc4c3)c3ccc4ccccc4c3)cc21. The number of fused-ring (bicyclic) bond motifs is 14. The fourth-order valence-electron chi connectivity index (χ4n) is 11.4. The van der Waals surface area contributed by atoms with Crippen LogP contribution >= 0.6 is 0 Å². The third kappa shape index (κ3) is 6.45. The van der Waals surface area contributed by atoms with E-state index in [0.29, 0.717) is 11.1 Å². The molecule has 4 heteroatoms. The summed E-state index contributed by atoms with van der Waals surface area (Å²) < 4.78 is 0. The molecule has 72 heavy (non-hydrogen) atoms. The maximum Gasteiger partial charge on any atom is 0.101 e. The van der Waals surface area contributed by atoms with Gasteiger partial charge in [-0.2, -0.15) is 10.5 Å². The molecule has 0 bridgehead atoms. The molecule has 0 spiro atoms. The quantitative estimate of drug-likeness (QED) is 0.156. The van der Waals surface area contributed by atoms with Gasteiger partial charge in [0.2, 0.25) is 0 Å². The van der Waals surface area contributed by atoms with Crippen LogP contribution < -0.4 is 9.80 Å². The summed E-state index contributed by atoms with van der Waals surface area (Å²) in [4.78, 5) is 4.77. The minimum Gasteiger partial charge on any atom is -0.310 e. The van der Waals surface area contributed by atoms with Crippen LogP contribution in [0.5, 0.6) is 0 Å². The molecule has 14 aromatic rings. The van der Waals surface area contributed by atoms with E-state index in [1.165, 1.54) is 21.5 Å². The van der Waals surface area contributed by atoms with Gasteiger partial charge >= 0.3 is 0 Å². The Morgan fingerprint density at radius 3 is 0.819 bits per heavy atom. The lowest BCUT2D eigenvalue weighted by Crippen LogP contribution is -2.11. The highest BCUT2D eigenvalue weighted by Crippen LogP contribution is 2.51. The molecule has 0 aliphatic rings. The van der Waals surface area contributed by atoms with E-state index in [4.69, 9.17) is 0 Å². The van der Waals surface area contributed by atoms with Crippen molar-refractivity contribution in [2.24, 2.45) is 0 Å². The van der Waals surface area contributed by atoms with Gasteiger partial charge in [-0.05, 0) is 159 Å². The Morgan fingerprint density at radius 1 is 0.236 bits per heavy atom. The van der Waals surface area contributed by atoms with Crippen LogP contribution in [0.15, 0.2) is 243 Å². The van der Waals surface area contributed by atoms with Crippen molar-refractivity contribution in [2.75, 3.05) is 9.80 Å². The van der Waals surface area contributed by atoms with Crippen molar-refractivity contribution in [3.63, 3.8) is 0 Å². The highest BCUT2D eigenvalue weighted by molar-refractivity contribution is 6.39. The Bertz CT molecular complexity index is 4230. The predicted molar refractivity (Wildman–Crippen MR) is 303 cm³/mol. The van der Waals surface area contributed by atoms with Gasteiger partial charge < -0.3 is 9.80 Å². The number of hydrogen-bond donors (Lipinski definition) is 0. The van der Waals surface area contributed by atoms with Crippen molar-refractivity contribution in [3.8, 4) is 12.1 Å². The third-order valence-electron chi connectivity index (χ3n) is 14.7. The first-order valence-electron chi connectivity index (χ1n) is 24.3. The summed E-state index contributed by atoms with van der Waals surface area (Å²) >= 11 is 0. The lowest BCUT2D eigenvalue weighted by Gasteiger charge is -2.30. The van der Waals surface area contributed by atoms with Crippen molar-refractivity contribution in [2.45, 2.75) is 0 Å². The van der Waals surface area contributed by atoms with Crippen LogP contribution in [0.1, 0.15) is 11.1 Å². The van der Waals surface area contributed by atoms with Crippen molar-refractivity contribution >= 4 is 131 Å². The number of nitrogens with zero attached hydrogens (tertiary/aromatic N) is 4. The summed E-state index contributed by atoms with van der Waals surface area (Å²) in [5.41, 5.74) is 6.81. The van der Waals surface area contributed by atoms with E-state index in [0.717, 1.165) is 110 Å². The van der Waals surface area contributed by atoms with Gasteiger partial charge in [0.25, 0.3) is 0 Å². The van der Waals surface area contributed by atoms with Crippen LogP contribution in [-0.2, 0) is 0 Å². The van der Waals surface area contributed by atoms with E-state index >= 15 is 0 Å². The van der Waals surface area contributed by atoms with Gasteiger partial charge in [-0.25, -0.2) is 0 Å². The first-order chi connectivity index (χ1) is 35.6. The van der Waals surface area contributed by atoms with E-state index in [1.54, 1.807) is 0 Å². The lowest BCUT2D eigenvalue weighted by molar-refractivity contribution is 1.31. The zero-order valence-corrected chi connectivity index (χ0v) is 38.9. The topological polar surface area (TPSA) is 54.1 Å². The highest BCUT2D eigenvalue weighted by atomic mass is 15.1. The second kappa shape index (κ2) is 16.3. The average molecular weight is 913 g/mol. The van der Waals surface area contributed by atoms with E-state index in [9.17, 15) is 10.5 Å². The Labute approximate surface area is 415 Å². The average Bonchev–Trinajstić information content (AvgIpc) is 3.44. The smallest absolute Gasteiger partial charge is 0.101 e. The molecule has 4 nitrogen and oxygen atoms in total. The molecule has 0 atom stereocenters. The van der Waals surface area contributed by atoms with Gasteiger partial charge in [0, 0.05) is 33.5 Å². The molecule has 0 unspecified atom stereocenters. The number of nitriles is 2. The lowest BCUT2D eigenvalue weighted by atomic mass is 9.85. The Balaban J connectivity index is 1.13. The standard InChI is InChI=1S/C68H40N4/c69-41-51-37-61-62(38-52(51)42-70)64-40-66(72(55-31-27-45-15-3-7-19-49(45)35-55)56-32-28-46-16-4-8-20-50(46)36-56)58-22-10-12-24-60(58)68(64)67-59-23-11-9-21-57(59)65(39-63(61)67)71(53-29-25-43-13-1-5-17-47(43)33-53)54-30-26-44-14-2-6-18-48(44)34-54/h1-40H. The molecule has 14 aromatic carbocycles. The van der Waals surface area contributed by atoms with Gasteiger partial charge in [0.15, 0.2) is 0 Å². The molecule has 0 aromatic heterocycles. The van der Waals surface area contributed by atoms with Gasteiger partial charge in [-0.1, -0.05) is 170 Å².